The maximum Gasteiger partial charge on any atom is 0.269 e. The number of fused-ring (bicyclic) bond motifs is 5. The van der Waals surface area contributed by atoms with E-state index in [2.05, 4.69) is 114 Å². The van der Waals surface area contributed by atoms with Crippen molar-refractivity contribution in [3.63, 3.8) is 0 Å². The van der Waals surface area contributed by atoms with Gasteiger partial charge in [0.05, 0.1) is 27.8 Å². The average molecular weight is 625 g/mol. The Bertz CT molecular complexity index is 2640. The van der Waals surface area contributed by atoms with E-state index < -0.39 is 0 Å². The predicted molar refractivity (Wildman–Crippen MR) is 191 cm³/mol. The Morgan fingerprint density at radius 1 is 0.688 bits per heavy atom. The van der Waals surface area contributed by atoms with E-state index in [1.165, 1.54) is 10.9 Å². The highest BCUT2D eigenvalue weighted by Gasteiger charge is 2.19. The number of aromatic nitrogens is 4. The number of rotatable bonds is 5. The van der Waals surface area contributed by atoms with Crippen LogP contribution in [0.25, 0.3) is 61.0 Å². The number of pyridine rings is 1. The van der Waals surface area contributed by atoms with Crippen LogP contribution in [0.3, 0.4) is 0 Å². The fourth-order valence-corrected chi connectivity index (χ4v) is 6.64. The van der Waals surface area contributed by atoms with Gasteiger partial charge in [0.15, 0.2) is 0 Å². The molecule has 0 aliphatic heterocycles. The van der Waals surface area contributed by atoms with Gasteiger partial charge in [-0.1, -0.05) is 81.4 Å². The zero-order chi connectivity index (χ0) is 32.4. The summed E-state index contributed by atoms with van der Waals surface area (Å²) in [5.74, 6) is 2.34. The summed E-state index contributed by atoms with van der Waals surface area (Å²) in [6.45, 7) is 6.68. The molecule has 0 unspecified atom stereocenters. The smallest absolute Gasteiger partial charge is 0.269 e. The van der Waals surface area contributed by atoms with Gasteiger partial charge >= 0.3 is 0 Å². The molecule has 4 heterocycles. The molecule has 0 N–H and O–H groups in total. The van der Waals surface area contributed by atoms with Crippen molar-refractivity contribution in [2.45, 2.75) is 26.2 Å². The zero-order valence-electron chi connectivity index (χ0n) is 26.9. The second kappa shape index (κ2) is 10.7. The lowest BCUT2D eigenvalue weighted by Gasteiger charge is -2.20. The zero-order valence-corrected chi connectivity index (χ0v) is 26.9. The molecule has 0 radical (unpaired) electrons. The molecule has 0 bridgehead atoms. The second-order valence-electron chi connectivity index (χ2n) is 13.2. The Morgan fingerprint density at radius 2 is 1.42 bits per heavy atom. The average Bonchev–Trinajstić information content (AvgIpc) is 3.80. The quantitative estimate of drug-likeness (QED) is 0.141. The lowest BCUT2D eigenvalue weighted by atomic mass is 9.88. The molecule has 0 aliphatic rings. The Kier molecular flexibility index (Phi) is 6.27. The maximum absolute atomic E-state index is 6.58. The van der Waals surface area contributed by atoms with Crippen LogP contribution in [0.1, 0.15) is 26.3 Å². The van der Waals surface area contributed by atoms with Crippen molar-refractivity contribution in [3.05, 3.63) is 152 Å². The monoisotopic (exact) mass is 624 g/mol. The Hall–Kier alpha value is -6.14. The number of nitrogens with zero attached hydrogens (tertiary/aromatic N) is 4. The number of hydrogen-bond donors (Lipinski definition) is 0. The SMILES string of the molecule is CC(C)(C)c1ccnc(-n2c3ccccc3c3ccc(Oc4ccc5occ(-n6[c-][n+](-c7ccccc7)c7ccccc76)c5c4)cc32)c1. The van der Waals surface area contributed by atoms with Crippen LogP contribution in [0.2, 0.25) is 0 Å². The molecule has 9 rings (SSSR count). The van der Waals surface area contributed by atoms with E-state index in [0.29, 0.717) is 5.75 Å². The fraction of sp³-hybridized carbons (Fsp3) is 0.0952. The number of furan rings is 1. The standard InChI is InChI=1S/C42H32N4O2/c1-42(2,3)28-21-22-43-41(23-28)46-35-14-8-7-13-32(35)33-19-17-31(25-38(33)46)48-30-18-20-40-34(24-30)39(26-47-40)45-27-44(29-11-5-4-6-12-29)36-15-9-10-16-37(36)45/h4-26H,1-3H3. The van der Waals surface area contributed by atoms with Gasteiger partial charge in [-0.25, -0.2) is 4.98 Å². The van der Waals surface area contributed by atoms with Gasteiger partial charge in [0.1, 0.15) is 34.9 Å². The van der Waals surface area contributed by atoms with Crippen LogP contribution in [-0.2, 0) is 5.41 Å². The third kappa shape index (κ3) is 4.56. The topological polar surface area (TPSA) is 49.0 Å². The third-order valence-electron chi connectivity index (χ3n) is 9.06. The summed E-state index contributed by atoms with van der Waals surface area (Å²) < 4.78 is 19.0. The first-order valence-electron chi connectivity index (χ1n) is 16.1. The fourth-order valence-electron chi connectivity index (χ4n) is 6.64. The lowest BCUT2D eigenvalue weighted by molar-refractivity contribution is -0.572. The Morgan fingerprint density at radius 3 is 2.27 bits per heavy atom. The van der Waals surface area contributed by atoms with E-state index in [-0.39, 0.29) is 5.41 Å². The van der Waals surface area contributed by atoms with Crippen molar-refractivity contribution in [2.75, 3.05) is 0 Å². The summed E-state index contributed by atoms with van der Waals surface area (Å²) in [6, 6.07) is 43.6. The van der Waals surface area contributed by atoms with Crippen LogP contribution < -0.4 is 9.30 Å². The molecule has 48 heavy (non-hydrogen) atoms. The molecule has 6 heteroatoms. The van der Waals surface area contributed by atoms with Gasteiger partial charge < -0.3 is 9.15 Å². The summed E-state index contributed by atoms with van der Waals surface area (Å²) in [5, 5.41) is 3.26. The van der Waals surface area contributed by atoms with Crippen LogP contribution in [0.4, 0.5) is 0 Å². The van der Waals surface area contributed by atoms with Gasteiger partial charge in [0, 0.05) is 28.4 Å². The lowest BCUT2D eigenvalue weighted by Crippen LogP contribution is -2.29. The van der Waals surface area contributed by atoms with Gasteiger partial charge in [0.2, 0.25) is 0 Å². The van der Waals surface area contributed by atoms with Crippen LogP contribution in [0, 0.1) is 6.33 Å². The summed E-state index contributed by atoms with van der Waals surface area (Å²) in [7, 11) is 0. The van der Waals surface area contributed by atoms with Gasteiger partial charge in [-0.3, -0.25) is 13.7 Å². The molecule has 0 aliphatic carbocycles. The molecular formula is C42H32N4O2. The number of ether oxygens (including phenoxy) is 1. The number of imidazole rings is 1. The summed E-state index contributed by atoms with van der Waals surface area (Å²) in [5.41, 5.74) is 8.16. The molecule has 0 spiro atoms. The second-order valence-corrected chi connectivity index (χ2v) is 13.2. The molecule has 0 saturated heterocycles. The van der Waals surface area contributed by atoms with E-state index >= 15 is 0 Å². The van der Waals surface area contributed by atoms with E-state index in [1.54, 1.807) is 6.26 Å². The molecule has 0 atom stereocenters. The summed E-state index contributed by atoms with van der Waals surface area (Å²) >= 11 is 0. The van der Waals surface area contributed by atoms with E-state index in [0.717, 1.165) is 61.4 Å². The van der Waals surface area contributed by atoms with E-state index in [1.807, 2.05) is 60.8 Å². The van der Waals surface area contributed by atoms with Crippen molar-refractivity contribution < 1.29 is 13.7 Å². The van der Waals surface area contributed by atoms with Crippen LogP contribution in [0.5, 0.6) is 11.5 Å². The minimum atomic E-state index is 0.00179. The molecule has 0 fully saturated rings. The Balaban J connectivity index is 1.14. The molecule has 0 saturated carbocycles. The predicted octanol–water partition coefficient (Wildman–Crippen LogP) is 10.0. The highest BCUT2D eigenvalue weighted by Crippen LogP contribution is 2.37. The third-order valence-corrected chi connectivity index (χ3v) is 9.06. The van der Waals surface area contributed by atoms with Gasteiger partial charge in [-0.05, 0) is 71.6 Å². The first-order valence-corrected chi connectivity index (χ1v) is 16.1. The molecule has 0 amide bonds. The number of para-hydroxylation sites is 4. The van der Waals surface area contributed by atoms with Crippen molar-refractivity contribution in [1.82, 2.24) is 14.1 Å². The van der Waals surface area contributed by atoms with E-state index in [4.69, 9.17) is 14.1 Å². The minimum Gasteiger partial charge on any atom is -0.468 e. The van der Waals surface area contributed by atoms with Crippen molar-refractivity contribution >= 4 is 43.8 Å². The van der Waals surface area contributed by atoms with E-state index in [9.17, 15) is 0 Å². The highest BCUT2D eigenvalue weighted by molar-refractivity contribution is 6.09. The van der Waals surface area contributed by atoms with Gasteiger partial charge in [-0.15, -0.1) is 0 Å². The van der Waals surface area contributed by atoms with Crippen molar-refractivity contribution in [1.29, 1.82) is 0 Å². The molecular weight excluding hydrogens is 592 g/mol. The van der Waals surface area contributed by atoms with Gasteiger partial charge in [0.25, 0.3) is 6.33 Å². The first-order chi connectivity index (χ1) is 23.4. The molecule has 5 aromatic carbocycles. The maximum atomic E-state index is 6.58. The van der Waals surface area contributed by atoms with Crippen molar-refractivity contribution in [2.24, 2.45) is 0 Å². The highest BCUT2D eigenvalue weighted by atomic mass is 16.5. The molecule has 9 aromatic rings. The van der Waals surface area contributed by atoms with Crippen LogP contribution >= 0.6 is 0 Å². The summed E-state index contributed by atoms with van der Waals surface area (Å²) in [6.07, 6.45) is 7.25. The molecule has 6 nitrogen and oxygen atoms in total. The summed E-state index contributed by atoms with van der Waals surface area (Å²) in [4.78, 5) is 4.82. The largest absolute Gasteiger partial charge is 0.468 e. The number of benzene rings is 5. The number of hydrogen-bond acceptors (Lipinski definition) is 3. The van der Waals surface area contributed by atoms with Crippen LogP contribution in [0.15, 0.2) is 144 Å². The molecule has 4 aromatic heterocycles. The normalized spacial score (nSPS) is 12.1. The molecule has 232 valence electrons. The first kappa shape index (κ1) is 28.1. The van der Waals surface area contributed by atoms with Crippen LogP contribution in [-0.4, -0.2) is 14.1 Å². The Labute approximate surface area is 277 Å². The van der Waals surface area contributed by atoms with Crippen molar-refractivity contribution in [3.8, 4) is 28.7 Å². The minimum absolute atomic E-state index is 0.00179. The van der Waals surface area contributed by atoms with Gasteiger partial charge in [-0.2, -0.15) is 0 Å².